The molecule has 19 heavy (non-hydrogen) atoms. The highest BCUT2D eigenvalue weighted by Gasteiger charge is 2.31. The van der Waals surface area contributed by atoms with Gasteiger partial charge in [0.2, 0.25) is 5.91 Å². The molecule has 2 atom stereocenters. The quantitative estimate of drug-likeness (QED) is 0.841. The highest BCUT2D eigenvalue weighted by Crippen LogP contribution is 2.27. The third-order valence-electron chi connectivity index (χ3n) is 4.48. The Balaban J connectivity index is 1.68. The van der Waals surface area contributed by atoms with Crippen LogP contribution < -0.4 is 0 Å². The number of hydrogen-bond acceptors (Lipinski definition) is 2. The number of carbonyl (C=O) groups is 1. The first-order valence-corrected chi connectivity index (χ1v) is 7.46. The second-order valence-corrected chi connectivity index (χ2v) is 6.22. The van der Waals surface area contributed by atoms with Crippen LogP contribution in [0.1, 0.15) is 43.4 Å². The van der Waals surface area contributed by atoms with E-state index in [0.29, 0.717) is 11.8 Å². The molecule has 1 N–H and O–H groups in total. The van der Waals surface area contributed by atoms with Crippen LogP contribution in [0.2, 0.25) is 0 Å². The van der Waals surface area contributed by atoms with Crippen molar-refractivity contribution in [3.05, 3.63) is 17.2 Å². The summed E-state index contributed by atoms with van der Waals surface area (Å²) in [6.45, 7) is 6.14. The number of aromatic amines is 1. The van der Waals surface area contributed by atoms with Crippen molar-refractivity contribution in [1.29, 1.82) is 0 Å². The number of aromatic nitrogens is 2. The third-order valence-corrected chi connectivity index (χ3v) is 4.48. The SMILES string of the molecule is Cc1nc2c([nH]1)CC(C(=O)N1CCCC(C)C1)CC2. The van der Waals surface area contributed by atoms with Crippen LogP contribution >= 0.6 is 0 Å². The van der Waals surface area contributed by atoms with Crippen molar-refractivity contribution in [2.24, 2.45) is 11.8 Å². The maximum absolute atomic E-state index is 12.6. The van der Waals surface area contributed by atoms with Crippen molar-refractivity contribution < 1.29 is 4.79 Å². The van der Waals surface area contributed by atoms with Crippen LogP contribution in [0.25, 0.3) is 0 Å². The van der Waals surface area contributed by atoms with E-state index in [1.54, 1.807) is 0 Å². The van der Waals surface area contributed by atoms with Crippen LogP contribution in [0.4, 0.5) is 0 Å². The summed E-state index contributed by atoms with van der Waals surface area (Å²) in [4.78, 5) is 22.5. The Morgan fingerprint density at radius 2 is 2.26 bits per heavy atom. The minimum absolute atomic E-state index is 0.164. The van der Waals surface area contributed by atoms with Crippen LogP contribution in [0.3, 0.4) is 0 Å². The van der Waals surface area contributed by atoms with Crippen LogP contribution in [-0.2, 0) is 17.6 Å². The van der Waals surface area contributed by atoms with Crippen molar-refractivity contribution in [2.75, 3.05) is 13.1 Å². The predicted molar refractivity (Wildman–Crippen MR) is 73.8 cm³/mol. The van der Waals surface area contributed by atoms with E-state index in [1.807, 2.05) is 6.92 Å². The average molecular weight is 261 g/mol. The molecular formula is C15H23N3O. The minimum atomic E-state index is 0.164. The fraction of sp³-hybridized carbons (Fsp3) is 0.733. The lowest BCUT2D eigenvalue weighted by Crippen LogP contribution is -2.43. The predicted octanol–water partition coefficient (Wildman–Crippen LogP) is 2.08. The van der Waals surface area contributed by atoms with Gasteiger partial charge in [0.05, 0.1) is 5.69 Å². The third kappa shape index (κ3) is 2.53. The first-order valence-electron chi connectivity index (χ1n) is 7.46. The lowest BCUT2D eigenvalue weighted by atomic mass is 9.87. The van der Waals surface area contributed by atoms with E-state index >= 15 is 0 Å². The summed E-state index contributed by atoms with van der Waals surface area (Å²) in [5.74, 6) is 2.16. The minimum Gasteiger partial charge on any atom is -0.346 e. The van der Waals surface area contributed by atoms with Gasteiger partial charge in [0, 0.05) is 31.1 Å². The molecule has 0 aromatic carbocycles. The fourth-order valence-electron chi connectivity index (χ4n) is 3.48. The van der Waals surface area contributed by atoms with E-state index in [2.05, 4.69) is 21.8 Å². The monoisotopic (exact) mass is 261 g/mol. The molecule has 4 nitrogen and oxygen atoms in total. The molecule has 1 aromatic rings. The number of amides is 1. The summed E-state index contributed by atoms with van der Waals surface area (Å²) in [6, 6.07) is 0. The molecule has 1 aliphatic carbocycles. The molecule has 1 saturated heterocycles. The highest BCUT2D eigenvalue weighted by molar-refractivity contribution is 5.79. The van der Waals surface area contributed by atoms with Gasteiger partial charge in [-0.3, -0.25) is 4.79 Å². The van der Waals surface area contributed by atoms with E-state index in [9.17, 15) is 4.79 Å². The summed E-state index contributed by atoms with van der Waals surface area (Å²) in [7, 11) is 0. The summed E-state index contributed by atoms with van der Waals surface area (Å²) < 4.78 is 0. The van der Waals surface area contributed by atoms with E-state index in [4.69, 9.17) is 0 Å². The zero-order valence-corrected chi connectivity index (χ0v) is 11.9. The van der Waals surface area contributed by atoms with Crippen LogP contribution in [0, 0.1) is 18.8 Å². The average Bonchev–Trinajstić information content (AvgIpc) is 2.76. The number of carbonyl (C=O) groups excluding carboxylic acids is 1. The number of likely N-dealkylation sites (tertiary alicyclic amines) is 1. The topological polar surface area (TPSA) is 49.0 Å². The van der Waals surface area contributed by atoms with Gasteiger partial charge in [-0.2, -0.15) is 0 Å². The Kier molecular flexibility index (Phi) is 3.33. The van der Waals surface area contributed by atoms with Gasteiger partial charge < -0.3 is 9.88 Å². The standard InChI is InChI=1S/C15H23N3O/c1-10-4-3-7-18(9-10)15(19)12-5-6-13-14(8-12)17-11(2)16-13/h10,12H,3-9H2,1-2H3,(H,16,17). The molecule has 3 rings (SSSR count). The Hall–Kier alpha value is -1.32. The summed E-state index contributed by atoms with van der Waals surface area (Å²) >= 11 is 0. The number of hydrogen-bond donors (Lipinski definition) is 1. The molecule has 1 fully saturated rings. The normalized spacial score (nSPS) is 27.2. The summed E-state index contributed by atoms with van der Waals surface area (Å²) in [5, 5.41) is 0. The number of rotatable bonds is 1. The second kappa shape index (κ2) is 4.99. The van der Waals surface area contributed by atoms with Gasteiger partial charge in [0.25, 0.3) is 0 Å². The molecule has 1 aromatic heterocycles. The maximum Gasteiger partial charge on any atom is 0.226 e. The number of piperidine rings is 1. The molecule has 4 heteroatoms. The Morgan fingerprint density at radius 3 is 3.05 bits per heavy atom. The lowest BCUT2D eigenvalue weighted by molar-refractivity contribution is -0.137. The second-order valence-electron chi connectivity index (χ2n) is 6.22. The largest absolute Gasteiger partial charge is 0.346 e. The van der Waals surface area contributed by atoms with Gasteiger partial charge in [-0.05, 0) is 38.5 Å². The molecule has 0 bridgehead atoms. The van der Waals surface area contributed by atoms with E-state index in [0.717, 1.165) is 44.6 Å². The summed E-state index contributed by atoms with van der Waals surface area (Å²) in [5.41, 5.74) is 2.36. The van der Waals surface area contributed by atoms with Crippen molar-refractivity contribution >= 4 is 5.91 Å². The molecule has 0 spiro atoms. The molecule has 104 valence electrons. The number of fused-ring (bicyclic) bond motifs is 1. The van der Waals surface area contributed by atoms with Gasteiger partial charge in [-0.25, -0.2) is 4.98 Å². The zero-order valence-electron chi connectivity index (χ0n) is 11.9. The van der Waals surface area contributed by atoms with Crippen molar-refractivity contribution in [2.45, 2.75) is 46.0 Å². The molecule has 0 radical (unpaired) electrons. The molecule has 2 heterocycles. The van der Waals surface area contributed by atoms with Crippen LogP contribution in [0.15, 0.2) is 0 Å². The van der Waals surface area contributed by atoms with E-state index in [-0.39, 0.29) is 5.92 Å². The van der Waals surface area contributed by atoms with Crippen LogP contribution in [0.5, 0.6) is 0 Å². The number of nitrogens with one attached hydrogen (secondary N) is 1. The first kappa shape index (κ1) is 12.7. The maximum atomic E-state index is 12.6. The molecule has 1 aliphatic heterocycles. The van der Waals surface area contributed by atoms with Crippen molar-refractivity contribution in [1.82, 2.24) is 14.9 Å². The number of aryl methyl sites for hydroxylation is 2. The zero-order chi connectivity index (χ0) is 13.4. The van der Waals surface area contributed by atoms with Gasteiger partial charge >= 0.3 is 0 Å². The van der Waals surface area contributed by atoms with Crippen molar-refractivity contribution in [3.8, 4) is 0 Å². The summed E-state index contributed by atoms with van der Waals surface area (Å²) in [6.07, 6.45) is 5.17. The number of H-pyrrole nitrogens is 1. The van der Waals surface area contributed by atoms with Crippen LogP contribution in [-0.4, -0.2) is 33.9 Å². The lowest BCUT2D eigenvalue weighted by Gasteiger charge is -2.34. The highest BCUT2D eigenvalue weighted by atomic mass is 16.2. The van der Waals surface area contributed by atoms with Gasteiger partial charge in [-0.1, -0.05) is 6.92 Å². The fourth-order valence-corrected chi connectivity index (χ4v) is 3.48. The smallest absolute Gasteiger partial charge is 0.226 e. The number of nitrogens with zero attached hydrogens (tertiary/aromatic N) is 2. The van der Waals surface area contributed by atoms with Gasteiger partial charge in [0.1, 0.15) is 5.82 Å². The molecule has 2 aliphatic rings. The number of imidazole rings is 1. The van der Waals surface area contributed by atoms with Gasteiger partial charge in [-0.15, -0.1) is 0 Å². The molecular weight excluding hydrogens is 238 g/mol. The van der Waals surface area contributed by atoms with E-state index < -0.39 is 0 Å². The van der Waals surface area contributed by atoms with Crippen molar-refractivity contribution in [3.63, 3.8) is 0 Å². The molecule has 2 unspecified atom stereocenters. The van der Waals surface area contributed by atoms with Gasteiger partial charge in [0.15, 0.2) is 0 Å². The Morgan fingerprint density at radius 1 is 1.42 bits per heavy atom. The van der Waals surface area contributed by atoms with E-state index in [1.165, 1.54) is 17.8 Å². The Bertz CT molecular complexity index is 480. The first-order chi connectivity index (χ1) is 9.13. The molecule has 0 saturated carbocycles. The molecule has 1 amide bonds. The Labute approximate surface area is 114 Å².